The molecule has 0 aliphatic carbocycles. The van der Waals surface area contributed by atoms with E-state index in [1.165, 1.54) is 31.2 Å². The van der Waals surface area contributed by atoms with Gasteiger partial charge in [-0.15, -0.1) is 0 Å². The van der Waals surface area contributed by atoms with E-state index in [0.717, 1.165) is 0 Å². The zero-order chi connectivity index (χ0) is 31.2. The monoisotopic (exact) mass is 625 g/mol. The highest BCUT2D eigenvalue weighted by molar-refractivity contribution is 7.52. The Balaban J connectivity index is 1.89. The van der Waals surface area contributed by atoms with Crippen LogP contribution in [0, 0.1) is 11.7 Å². The van der Waals surface area contributed by atoms with Gasteiger partial charge in [0.1, 0.15) is 24.1 Å². The number of carbonyl (C=O) groups is 1. The van der Waals surface area contributed by atoms with E-state index in [1.807, 2.05) is 13.8 Å². The summed E-state index contributed by atoms with van der Waals surface area (Å²) in [5, 5.41) is 12.6. The van der Waals surface area contributed by atoms with Crippen molar-refractivity contribution in [3.63, 3.8) is 0 Å². The zero-order valence-corrected chi connectivity index (χ0v) is 23.8. The number of halogens is 4. The molecule has 12 nitrogen and oxygen atoms in total. The van der Waals surface area contributed by atoms with Crippen LogP contribution < -0.4 is 20.9 Å². The molecule has 234 valence electrons. The first-order chi connectivity index (χ1) is 19.7. The molecule has 2 heterocycles. The first kappa shape index (κ1) is 33.5. The predicted octanol–water partition coefficient (Wildman–Crippen LogP) is 3.42. The Morgan fingerprint density at radius 1 is 1.24 bits per heavy atom. The van der Waals surface area contributed by atoms with E-state index in [0.29, 0.717) is 23.6 Å². The van der Waals surface area contributed by atoms with Crippen LogP contribution in [0.2, 0.25) is 0 Å². The summed E-state index contributed by atoms with van der Waals surface area (Å²) in [6.45, 7) is 5.01. The van der Waals surface area contributed by atoms with Gasteiger partial charge in [0.2, 0.25) is 5.82 Å². The van der Waals surface area contributed by atoms with Crippen molar-refractivity contribution in [2.24, 2.45) is 5.92 Å². The van der Waals surface area contributed by atoms with Gasteiger partial charge in [-0.05, 0) is 25.0 Å². The minimum atomic E-state index is -5.33. The number of alkyl halides is 3. The third kappa shape index (κ3) is 8.51. The summed E-state index contributed by atoms with van der Waals surface area (Å²) >= 11 is 0. The number of ether oxygens (including phenoxy) is 2. The van der Waals surface area contributed by atoms with Crippen LogP contribution in [0.25, 0.3) is 0 Å². The standard InChI is InChI=1S/C25H32F4N3O9P/c1-4-15(5-2)13-38-23(35)14(3)31-42(37,40-16-9-7-6-8-10-16)41-21(25(27,28)29)20-18(33)11-19(39-20)32-12-17(26)22(34)30-24(32)36/h6-10,12,14-15,18-21,33H,4-5,11,13H2,1-3H3,(H,31,37)(H,30,34,36)/t14-,18?,19+,20-,21-,42+/m0/s1. The van der Waals surface area contributed by atoms with Crippen molar-refractivity contribution in [3.8, 4) is 5.75 Å². The van der Waals surface area contributed by atoms with Crippen molar-refractivity contribution in [1.82, 2.24) is 14.6 Å². The van der Waals surface area contributed by atoms with Gasteiger partial charge in [0.25, 0.3) is 5.56 Å². The molecule has 3 N–H and O–H groups in total. The smallest absolute Gasteiger partial charge is 0.460 e. The molecule has 1 saturated heterocycles. The van der Waals surface area contributed by atoms with Gasteiger partial charge < -0.3 is 19.1 Å². The summed E-state index contributed by atoms with van der Waals surface area (Å²) in [7, 11) is -5.10. The fourth-order valence-corrected chi connectivity index (χ4v) is 5.76. The quantitative estimate of drug-likeness (QED) is 0.171. The van der Waals surface area contributed by atoms with Gasteiger partial charge in [-0.3, -0.25) is 23.7 Å². The minimum Gasteiger partial charge on any atom is -0.464 e. The largest absolute Gasteiger partial charge is 0.464 e. The second kappa shape index (κ2) is 14.0. The number of hydrogen-bond acceptors (Lipinski definition) is 9. The van der Waals surface area contributed by atoms with Crippen LogP contribution >= 0.6 is 7.75 Å². The lowest BCUT2D eigenvalue weighted by Crippen LogP contribution is -2.48. The Morgan fingerprint density at radius 3 is 2.48 bits per heavy atom. The van der Waals surface area contributed by atoms with Gasteiger partial charge >= 0.3 is 25.6 Å². The predicted molar refractivity (Wildman–Crippen MR) is 139 cm³/mol. The van der Waals surface area contributed by atoms with Gasteiger partial charge in [0, 0.05) is 6.42 Å². The van der Waals surface area contributed by atoms with Crippen LogP contribution in [0.15, 0.2) is 46.1 Å². The fourth-order valence-electron chi connectivity index (χ4n) is 4.09. The molecule has 2 aromatic rings. The molecule has 1 aromatic carbocycles. The number of rotatable bonds is 13. The topological polar surface area (TPSA) is 158 Å². The van der Waals surface area contributed by atoms with Crippen molar-refractivity contribution in [1.29, 1.82) is 0 Å². The van der Waals surface area contributed by atoms with Crippen LogP contribution in [0.4, 0.5) is 17.6 Å². The number of carbonyl (C=O) groups excluding carboxylic acids is 1. The molecule has 1 aliphatic heterocycles. The molecule has 3 rings (SSSR count). The number of benzene rings is 1. The van der Waals surface area contributed by atoms with Crippen LogP contribution in [0.1, 0.15) is 46.3 Å². The third-order valence-corrected chi connectivity index (χ3v) is 8.19. The average Bonchev–Trinajstić information content (AvgIpc) is 3.30. The number of para-hydroxylation sites is 1. The van der Waals surface area contributed by atoms with E-state index in [4.69, 9.17) is 18.5 Å². The van der Waals surface area contributed by atoms with Crippen LogP contribution in [-0.4, -0.2) is 57.8 Å². The van der Waals surface area contributed by atoms with Crippen molar-refractivity contribution in [2.75, 3.05) is 6.61 Å². The van der Waals surface area contributed by atoms with E-state index in [2.05, 4.69) is 5.09 Å². The van der Waals surface area contributed by atoms with Crippen molar-refractivity contribution in [3.05, 3.63) is 63.2 Å². The van der Waals surface area contributed by atoms with E-state index >= 15 is 0 Å². The summed E-state index contributed by atoms with van der Waals surface area (Å²) in [6.07, 6.45) is -13.2. The number of nitrogens with one attached hydrogen (secondary N) is 2. The Bertz CT molecular complexity index is 1370. The van der Waals surface area contributed by atoms with Crippen LogP contribution in [0.5, 0.6) is 5.75 Å². The maximum Gasteiger partial charge on any atom is 0.460 e. The highest BCUT2D eigenvalue weighted by atomic mass is 31.2. The summed E-state index contributed by atoms with van der Waals surface area (Å²) in [5.74, 6) is -2.48. The molecule has 0 spiro atoms. The summed E-state index contributed by atoms with van der Waals surface area (Å²) in [4.78, 5) is 37.7. The summed E-state index contributed by atoms with van der Waals surface area (Å²) in [6, 6.07) is 5.56. The number of H-pyrrole nitrogens is 1. The summed E-state index contributed by atoms with van der Waals surface area (Å²) in [5.41, 5.74) is -2.57. The van der Waals surface area contributed by atoms with Gasteiger partial charge in [-0.25, -0.2) is 9.36 Å². The van der Waals surface area contributed by atoms with Gasteiger partial charge in [-0.1, -0.05) is 44.9 Å². The van der Waals surface area contributed by atoms with Crippen molar-refractivity contribution in [2.45, 2.75) is 76.8 Å². The van der Waals surface area contributed by atoms with Gasteiger partial charge in [0.05, 0.1) is 18.9 Å². The zero-order valence-electron chi connectivity index (χ0n) is 22.9. The molecule has 1 aromatic heterocycles. The lowest BCUT2D eigenvalue weighted by atomic mass is 10.1. The molecule has 17 heteroatoms. The second-order valence-electron chi connectivity index (χ2n) is 9.63. The van der Waals surface area contributed by atoms with Crippen LogP contribution in [-0.2, 0) is 23.4 Å². The highest BCUT2D eigenvalue weighted by Gasteiger charge is 2.56. The second-order valence-corrected chi connectivity index (χ2v) is 11.3. The number of aliphatic hydroxyl groups excluding tert-OH is 1. The first-order valence-electron chi connectivity index (χ1n) is 13.1. The molecule has 6 atom stereocenters. The number of aliphatic hydroxyl groups is 1. The molecule has 1 unspecified atom stereocenters. The Labute approximate surface area is 237 Å². The summed E-state index contributed by atoms with van der Waals surface area (Å²) < 4.78 is 91.8. The van der Waals surface area contributed by atoms with E-state index in [9.17, 15) is 41.6 Å². The Morgan fingerprint density at radius 2 is 1.88 bits per heavy atom. The Kier molecular flexibility index (Phi) is 11.1. The molecule has 1 aliphatic rings. The molecule has 0 saturated carbocycles. The number of esters is 1. The number of aromatic amines is 1. The van der Waals surface area contributed by atoms with E-state index in [-0.39, 0.29) is 18.3 Å². The first-order valence-corrected chi connectivity index (χ1v) is 14.6. The van der Waals surface area contributed by atoms with Gasteiger partial charge in [0.15, 0.2) is 6.10 Å². The maximum absolute atomic E-state index is 14.3. The maximum atomic E-state index is 14.3. The van der Waals surface area contributed by atoms with Crippen LogP contribution in [0.3, 0.4) is 0 Å². The number of nitrogens with zero attached hydrogens (tertiary/aromatic N) is 1. The van der Waals surface area contributed by atoms with E-state index < -0.39 is 74.0 Å². The highest BCUT2D eigenvalue weighted by Crippen LogP contribution is 2.50. The molecule has 0 radical (unpaired) electrons. The number of hydrogen-bond donors (Lipinski definition) is 3. The third-order valence-electron chi connectivity index (χ3n) is 6.53. The minimum absolute atomic E-state index is 0.0297. The molecule has 42 heavy (non-hydrogen) atoms. The van der Waals surface area contributed by atoms with E-state index in [1.54, 1.807) is 11.1 Å². The molecule has 1 fully saturated rings. The average molecular weight is 626 g/mol. The van der Waals surface area contributed by atoms with Gasteiger partial charge in [-0.2, -0.15) is 22.6 Å². The molecule has 0 bridgehead atoms. The SMILES string of the molecule is CCC(CC)COC(=O)[C@H](C)N[P@@](=O)(Oc1ccccc1)O[C@@H]([C@H]1O[C@@H](n2cc(F)c(=O)[nH]c2=O)CC1O)C(F)(F)F. The molecular formula is C25H32F4N3O9P. The normalized spacial score (nSPS) is 22.0. The molecule has 0 amide bonds. The molecular weight excluding hydrogens is 593 g/mol. The lowest BCUT2D eigenvalue weighted by Gasteiger charge is -2.31. The van der Waals surface area contributed by atoms with Crippen molar-refractivity contribution >= 4 is 13.7 Å². The fraction of sp³-hybridized carbons (Fsp3) is 0.560. The van der Waals surface area contributed by atoms with Crippen molar-refractivity contribution < 1.29 is 50.5 Å². The lowest BCUT2D eigenvalue weighted by molar-refractivity contribution is -0.237. The number of aromatic nitrogens is 2. The Hall–Kier alpha value is -3.04.